The third-order valence-electron chi connectivity index (χ3n) is 8.88. The molecule has 37 heavy (non-hydrogen) atoms. The summed E-state index contributed by atoms with van der Waals surface area (Å²) in [7, 11) is 0. The molecule has 4 saturated heterocycles. The summed E-state index contributed by atoms with van der Waals surface area (Å²) in [4.78, 5) is 22.9. The first-order valence-corrected chi connectivity index (χ1v) is 13.5. The average molecular weight is 520 g/mol. The Labute approximate surface area is 218 Å². The highest BCUT2D eigenvalue weighted by Crippen LogP contribution is 2.59. The van der Waals surface area contributed by atoms with Gasteiger partial charge in [-0.25, -0.2) is 9.37 Å². The molecule has 5 unspecified atom stereocenters. The maximum atomic E-state index is 14.3. The molecule has 0 spiro atoms. The second-order valence-corrected chi connectivity index (χ2v) is 11.6. The average Bonchev–Trinajstić information content (AvgIpc) is 3.45. The molecule has 1 amide bonds. The summed E-state index contributed by atoms with van der Waals surface area (Å²) in [6, 6.07) is 9.68. The molecule has 4 aromatic rings. The van der Waals surface area contributed by atoms with Gasteiger partial charge in [0.2, 0.25) is 0 Å². The number of aryl methyl sites for hydroxylation is 2. The zero-order valence-corrected chi connectivity index (χ0v) is 21.5. The van der Waals surface area contributed by atoms with Gasteiger partial charge in [0.15, 0.2) is 5.82 Å². The van der Waals surface area contributed by atoms with Gasteiger partial charge >= 0.3 is 0 Å². The number of rotatable bonds is 5. The fraction of sp³-hybridized carbons (Fsp3) is 0.429. The summed E-state index contributed by atoms with van der Waals surface area (Å²) in [6.07, 6.45) is 2.71. The minimum Gasteiger partial charge on any atom is -0.385 e. The van der Waals surface area contributed by atoms with Gasteiger partial charge in [-0.2, -0.15) is 0 Å². The van der Waals surface area contributed by atoms with Crippen LogP contribution in [0.3, 0.4) is 0 Å². The number of piperazine rings is 1. The topological polar surface area (TPSA) is 66.3 Å². The minimum absolute atomic E-state index is 0.00689. The number of aliphatic hydroxyl groups is 1. The van der Waals surface area contributed by atoms with Crippen LogP contribution in [0.5, 0.6) is 0 Å². The van der Waals surface area contributed by atoms with E-state index in [0.29, 0.717) is 41.2 Å². The highest BCUT2D eigenvalue weighted by molar-refractivity contribution is 6.35. The molecular formula is C28H27ClFN5O2. The summed E-state index contributed by atoms with van der Waals surface area (Å²) >= 11 is 6.54. The van der Waals surface area contributed by atoms with Crippen LogP contribution < -0.4 is 0 Å². The van der Waals surface area contributed by atoms with Gasteiger partial charge in [0.05, 0.1) is 38.9 Å². The fourth-order valence-electron chi connectivity index (χ4n) is 6.83. The molecule has 2 aromatic carbocycles. The van der Waals surface area contributed by atoms with Crippen molar-refractivity contribution in [2.45, 2.75) is 70.0 Å². The van der Waals surface area contributed by atoms with Gasteiger partial charge in [0.1, 0.15) is 12.0 Å². The Kier molecular flexibility index (Phi) is 4.25. The van der Waals surface area contributed by atoms with E-state index in [9.17, 15) is 14.3 Å². The molecule has 1 N–H and O–H groups in total. The lowest BCUT2D eigenvalue weighted by Gasteiger charge is -2.31. The van der Waals surface area contributed by atoms with E-state index >= 15 is 0 Å². The number of amides is 1. The quantitative estimate of drug-likeness (QED) is 0.388. The van der Waals surface area contributed by atoms with E-state index < -0.39 is 5.60 Å². The molecule has 0 aliphatic carbocycles. The van der Waals surface area contributed by atoms with Crippen molar-refractivity contribution >= 4 is 39.4 Å². The number of benzene rings is 2. The lowest BCUT2D eigenvalue weighted by atomic mass is 9.87. The van der Waals surface area contributed by atoms with Gasteiger partial charge in [-0.15, -0.1) is 0 Å². The maximum Gasteiger partial charge on any atom is 0.255 e. The molecule has 7 nitrogen and oxygen atoms in total. The van der Waals surface area contributed by atoms with Crippen LogP contribution >= 0.6 is 11.6 Å². The third-order valence-corrected chi connectivity index (χ3v) is 9.17. The standard InChI is InChI=1S/C28H27ClFN5O2/c1-3-4-6-32-20(11-14-8-16(30)12-18(29)22(14)32)25-31-19-10-15(27(36)34-13-21-24-26(34)35(21)24)9-17-23(19)33(25)7-5-28(17,2)37/h8-12,21,24,26,37H,3-7,13H2,1-2H3. The summed E-state index contributed by atoms with van der Waals surface area (Å²) in [5.41, 5.74) is 3.46. The highest BCUT2D eigenvalue weighted by atomic mass is 35.5. The van der Waals surface area contributed by atoms with E-state index in [1.165, 1.54) is 12.1 Å². The van der Waals surface area contributed by atoms with Crippen LogP contribution in [0.2, 0.25) is 5.02 Å². The van der Waals surface area contributed by atoms with Gasteiger partial charge in [-0.3, -0.25) is 9.69 Å². The Hall–Kier alpha value is -2.94. The van der Waals surface area contributed by atoms with Crippen LogP contribution in [0.1, 0.15) is 49.0 Å². The molecule has 5 aliphatic rings. The predicted octanol–water partition coefficient (Wildman–Crippen LogP) is 4.71. The molecule has 9 heteroatoms. The number of hydrogen-bond donors (Lipinski definition) is 1. The van der Waals surface area contributed by atoms with Crippen LogP contribution in [-0.2, 0) is 18.7 Å². The number of nitrogens with zero attached hydrogens (tertiary/aromatic N) is 5. The van der Waals surface area contributed by atoms with Crippen molar-refractivity contribution in [3.8, 4) is 11.5 Å². The van der Waals surface area contributed by atoms with Gasteiger partial charge in [-0.1, -0.05) is 24.9 Å². The number of halogens is 2. The second kappa shape index (κ2) is 7.12. The molecule has 2 aromatic heterocycles. The normalized spacial score (nSPS) is 28.8. The lowest BCUT2D eigenvalue weighted by Crippen LogP contribution is -2.32. The fourth-order valence-corrected chi connectivity index (χ4v) is 7.15. The van der Waals surface area contributed by atoms with Crippen LogP contribution in [0, 0.1) is 5.82 Å². The summed E-state index contributed by atoms with van der Waals surface area (Å²) in [5, 5.41) is 12.5. The number of aromatic nitrogens is 3. The van der Waals surface area contributed by atoms with E-state index in [4.69, 9.17) is 16.6 Å². The number of hydrogen-bond acceptors (Lipinski definition) is 4. The Morgan fingerprint density at radius 3 is 2.78 bits per heavy atom. The first kappa shape index (κ1) is 22.1. The van der Waals surface area contributed by atoms with Gasteiger partial charge in [-0.05, 0) is 50.1 Å². The Morgan fingerprint density at radius 2 is 2.05 bits per heavy atom. The summed E-state index contributed by atoms with van der Waals surface area (Å²) < 4.78 is 18.5. The smallest absolute Gasteiger partial charge is 0.255 e. The Bertz CT molecular complexity index is 1660. The molecule has 5 aliphatic heterocycles. The molecule has 0 radical (unpaired) electrons. The van der Waals surface area contributed by atoms with Gasteiger partial charge < -0.3 is 19.1 Å². The van der Waals surface area contributed by atoms with Crippen LogP contribution in [0.25, 0.3) is 33.5 Å². The summed E-state index contributed by atoms with van der Waals surface area (Å²) in [6.45, 7) is 6.05. The predicted molar refractivity (Wildman–Crippen MR) is 139 cm³/mol. The van der Waals surface area contributed by atoms with Crippen molar-refractivity contribution in [1.82, 2.24) is 23.9 Å². The summed E-state index contributed by atoms with van der Waals surface area (Å²) in [5.74, 6) is 0.386. The minimum atomic E-state index is -1.06. The van der Waals surface area contributed by atoms with Crippen molar-refractivity contribution in [1.29, 1.82) is 0 Å². The number of carbonyl (C=O) groups is 1. The lowest BCUT2D eigenvalue weighted by molar-refractivity contribution is 0.0398. The molecule has 7 heterocycles. The molecule has 2 bridgehead atoms. The third kappa shape index (κ3) is 2.89. The van der Waals surface area contributed by atoms with E-state index in [0.717, 1.165) is 59.4 Å². The zero-order valence-electron chi connectivity index (χ0n) is 20.7. The Morgan fingerprint density at radius 1 is 1.24 bits per heavy atom. The maximum absolute atomic E-state index is 14.3. The second-order valence-electron chi connectivity index (χ2n) is 11.2. The molecule has 9 rings (SSSR count). The van der Waals surface area contributed by atoms with E-state index in [-0.39, 0.29) is 17.9 Å². The Balaban J connectivity index is 1.33. The SMILES string of the molecule is CCCCn1c(-c2nc3cc(C(=O)N4CC5C6C4N56)cc4c3n2CCC4(C)O)cc2cc(F)cc(Cl)c21. The molecule has 0 saturated carbocycles. The van der Waals surface area contributed by atoms with Crippen LogP contribution in [-0.4, -0.2) is 59.7 Å². The van der Waals surface area contributed by atoms with Crippen molar-refractivity contribution in [2.75, 3.05) is 6.54 Å². The molecule has 4 fully saturated rings. The highest BCUT2D eigenvalue weighted by Gasteiger charge is 2.80. The molecule has 190 valence electrons. The van der Waals surface area contributed by atoms with E-state index in [2.05, 4.69) is 21.0 Å². The largest absolute Gasteiger partial charge is 0.385 e. The number of imidazole rings is 1. The van der Waals surface area contributed by atoms with Crippen molar-refractivity contribution < 1.29 is 14.3 Å². The van der Waals surface area contributed by atoms with Gasteiger partial charge in [0.25, 0.3) is 5.91 Å². The van der Waals surface area contributed by atoms with Crippen molar-refractivity contribution in [3.05, 3.63) is 52.3 Å². The van der Waals surface area contributed by atoms with Crippen molar-refractivity contribution in [2.24, 2.45) is 0 Å². The molecular weight excluding hydrogens is 493 g/mol. The number of fused-ring (bicyclic) bond motifs is 2. The monoisotopic (exact) mass is 519 g/mol. The van der Waals surface area contributed by atoms with Crippen LogP contribution in [0.15, 0.2) is 30.3 Å². The number of unbranched alkanes of at least 4 members (excludes halogenated alkanes) is 1. The van der Waals surface area contributed by atoms with E-state index in [1.54, 1.807) is 0 Å². The first-order chi connectivity index (χ1) is 17.8. The van der Waals surface area contributed by atoms with E-state index in [1.807, 2.05) is 30.0 Å². The van der Waals surface area contributed by atoms with Gasteiger partial charge in [0, 0.05) is 42.2 Å². The van der Waals surface area contributed by atoms with Crippen molar-refractivity contribution in [3.63, 3.8) is 0 Å². The first-order valence-electron chi connectivity index (χ1n) is 13.1. The zero-order chi connectivity index (χ0) is 25.4. The molecule has 5 atom stereocenters. The van der Waals surface area contributed by atoms with Crippen LogP contribution in [0.4, 0.5) is 4.39 Å². The number of carbonyl (C=O) groups excluding carboxylic acids is 1.